The third kappa shape index (κ3) is 3.70. The molecular weight excluding hydrogens is 294 g/mol. The Hall–Kier alpha value is -2.37. The molecule has 0 spiro atoms. The predicted octanol–water partition coefficient (Wildman–Crippen LogP) is 2.47. The number of amides is 4. The molecule has 1 aromatic rings. The molecule has 1 saturated heterocycles. The minimum atomic E-state index is -0.963. The van der Waals surface area contributed by atoms with Crippen LogP contribution in [0.5, 0.6) is 0 Å². The zero-order valence-electron chi connectivity index (χ0n) is 14.0. The number of hydrogen-bond acceptors (Lipinski definition) is 3. The molecule has 0 bridgehead atoms. The third-order valence-corrected chi connectivity index (χ3v) is 4.12. The second kappa shape index (κ2) is 6.40. The highest BCUT2D eigenvalue weighted by Crippen LogP contribution is 2.21. The Kier molecular flexibility index (Phi) is 4.73. The summed E-state index contributed by atoms with van der Waals surface area (Å²) in [6.45, 7) is 7.20. The minimum Gasteiger partial charge on any atom is -0.325 e. The maximum Gasteiger partial charge on any atom is 0.325 e. The van der Waals surface area contributed by atoms with E-state index in [0.29, 0.717) is 11.6 Å². The summed E-state index contributed by atoms with van der Waals surface area (Å²) < 4.78 is 0. The highest BCUT2D eigenvalue weighted by molar-refractivity contribution is 6.09. The van der Waals surface area contributed by atoms with Crippen LogP contribution in [0.3, 0.4) is 0 Å². The number of nitrogens with zero attached hydrogens (tertiary/aromatic N) is 1. The van der Waals surface area contributed by atoms with Crippen molar-refractivity contribution in [2.24, 2.45) is 0 Å². The molecule has 23 heavy (non-hydrogen) atoms. The Morgan fingerprint density at radius 2 is 1.87 bits per heavy atom. The number of rotatable bonds is 5. The van der Waals surface area contributed by atoms with E-state index in [9.17, 15) is 14.4 Å². The van der Waals surface area contributed by atoms with Gasteiger partial charge in [0, 0.05) is 5.69 Å². The zero-order chi connectivity index (χ0) is 17.2. The van der Waals surface area contributed by atoms with Crippen LogP contribution in [-0.2, 0) is 9.59 Å². The smallest absolute Gasteiger partial charge is 0.325 e. The first-order valence-electron chi connectivity index (χ1n) is 7.78. The van der Waals surface area contributed by atoms with Crippen molar-refractivity contribution >= 4 is 23.5 Å². The lowest BCUT2D eigenvalue weighted by Gasteiger charge is -2.16. The molecule has 0 radical (unpaired) electrons. The first-order valence-corrected chi connectivity index (χ1v) is 7.78. The maximum atomic E-state index is 12.1. The average molecular weight is 317 g/mol. The van der Waals surface area contributed by atoms with Gasteiger partial charge in [0.15, 0.2) is 0 Å². The lowest BCUT2D eigenvalue weighted by molar-refractivity contribution is -0.132. The van der Waals surface area contributed by atoms with E-state index in [1.54, 1.807) is 13.8 Å². The molecule has 124 valence electrons. The van der Waals surface area contributed by atoms with Gasteiger partial charge < -0.3 is 10.6 Å². The van der Waals surface area contributed by atoms with Gasteiger partial charge in [0.05, 0.1) is 0 Å². The molecule has 4 amide bonds. The number of hydrogen-bond donors (Lipinski definition) is 2. The van der Waals surface area contributed by atoms with Crippen LogP contribution in [0.4, 0.5) is 10.5 Å². The molecular formula is C17H23N3O3. The number of benzene rings is 1. The normalized spacial score (nSPS) is 17.8. The van der Waals surface area contributed by atoms with Crippen molar-refractivity contribution in [1.29, 1.82) is 0 Å². The zero-order valence-corrected chi connectivity index (χ0v) is 14.0. The predicted molar refractivity (Wildman–Crippen MR) is 88.1 cm³/mol. The van der Waals surface area contributed by atoms with E-state index in [4.69, 9.17) is 0 Å². The van der Waals surface area contributed by atoms with E-state index in [1.165, 1.54) is 5.56 Å². The molecule has 0 aromatic heterocycles. The molecule has 1 aromatic carbocycles. The van der Waals surface area contributed by atoms with Crippen LogP contribution in [0, 0.1) is 0 Å². The van der Waals surface area contributed by atoms with Gasteiger partial charge in [0.2, 0.25) is 5.91 Å². The number of carbonyl (C=O) groups excluding carboxylic acids is 3. The third-order valence-electron chi connectivity index (χ3n) is 4.12. The summed E-state index contributed by atoms with van der Waals surface area (Å²) in [5.74, 6) is -0.333. The van der Waals surface area contributed by atoms with E-state index < -0.39 is 23.4 Å². The monoisotopic (exact) mass is 317 g/mol. The molecule has 1 atom stereocenters. The Morgan fingerprint density at radius 1 is 1.26 bits per heavy atom. The van der Waals surface area contributed by atoms with Gasteiger partial charge in [-0.05, 0) is 43.9 Å². The number of anilines is 1. The standard InChI is InChI=1S/C17H23N3O3/c1-5-11(2)12-6-8-13(9-7-12)18-14(21)10-20-15(22)17(3,4)19-16(20)23/h6-9,11H,5,10H2,1-4H3,(H,18,21)(H,19,23)/t11-/m1/s1. The summed E-state index contributed by atoms with van der Waals surface area (Å²) in [7, 11) is 0. The molecule has 2 N–H and O–H groups in total. The fraction of sp³-hybridized carbons (Fsp3) is 0.471. The quantitative estimate of drug-likeness (QED) is 0.819. The Bertz CT molecular complexity index is 622. The van der Waals surface area contributed by atoms with Crippen molar-refractivity contribution in [3.63, 3.8) is 0 Å². The van der Waals surface area contributed by atoms with E-state index in [1.807, 2.05) is 24.3 Å². The Balaban J connectivity index is 1.97. The van der Waals surface area contributed by atoms with Gasteiger partial charge in [-0.15, -0.1) is 0 Å². The number of carbonyl (C=O) groups is 3. The van der Waals surface area contributed by atoms with Crippen molar-refractivity contribution in [3.8, 4) is 0 Å². The minimum absolute atomic E-state index is 0.290. The van der Waals surface area contributed by atoms with E-state index in [0.717, 1.165) is 11.3 Å². The van der Waals surface area contributed by atoms with E-state index in [2.05, 4.69) is 24.5 Å². The maximum absolute atomic E-state index is 12.1. The van der Waals surface area contributed by atoms with E-state index in [-0.39, 0.29) is 6.54 Å². The largest absolute Gasteiger partial charge is 0.325 e. The molecule has 1 aliphatic rings. The fourth-order valence-electron chi connectivity index (χ4n) is 2.44. The fourth-order valence-corrected chi connectivity index (χ4v) is 2.44. The molecule has 0 saturated carbocycles. The summed E-state index contributed by atoms with van der Waals surface area (Å²) >= 11 is 0. The van der Waals surface area contributed by atoms with Gasteiger partial charge in [0.1, 0.15) is 12.1 Å². The summed E-state index contributed by atoms with van der Waals surface area (Å²) in [4.78, 5) is 36.8. The lowest BCUT2D eigenvalue weighted by atomic mass is 9.99. The molecule has 6 nitrogen and oxygen atoms in total. The SMILES string of the molecule is CC[C@@H](C)c1ccc(NC(=O)CN2C(=O)NC(C)(C)C2=O)cc1. The van der Waals surface area contributed by atoms with Crippen molar-refractivity contribution in [1.82, 2.24) is 10.2 Å². The molecule has 1 fully saturated rings. The van der Waals surface area contributed by atoms with E-state index >= 15 is 0 Å². The summed E-state index contributed by atoms with van der Waals surface area (Å²) in [6, 6.07) is 7.06. The number of imide groups is 1. The lowest BCUT2D eigenvalue weighted by Crippen LogP contribution is -2.41. The van der Waals surface area contributed by atoms with Crippen molar-refractivity contribution in [2.45, 2.75) is 45.6 Å². The molecule has 1 heterocycles. The molecule has 0 aliphatic carbocycles. The van der Waals surface area contributed by atoms with Crippen molar-refractivity contribution in [2.75, 3.05) is 11.9 Å². The first kappa shape index (κ1) is 17.0. The van der Waals surface area contributed by atoms with Crippen LogP contribution < -0.4 is 10.6 Å². The van der Waals surface area contributed by atoms with Crippen molar-refractivity contribution in [3.05, 3.63) is 29.8 Å². The van der Waals surface area contributed by atoms with Crippen LogP contribution in [0.2, 0.25) is 0 Å². The molecule has 0 unspecified atom stereocenters. The molecule has 1 aliphatic heterocycles. The Morgan fingerprint density at radius 3 is 2.35 bits per heavy atom. The summed E-state index contributed by atoms with van der Waals surface area (Å²) in [5.41, 5.74) is 0.893. The molecule has 2 rings (SSSR count). The van der Waals surface area contributed by atoms with Crippen LogP contribution in [0.1, 0.15) is 45.6 Å². The summed E-state index contributed by atoms with van der Waals surface area (Å²) in [6.07, 6.45) is 1.05. The first-order chi connectivity index (χ1) is 10.7. The van der Waals surface area contributed by atoms with Gasteiger partial charge >= 0.3 is 6.03 Å². The van der Waals surface area contributed by atoms with Gasteiger partial charge in [-0.25, -0.2) is 4.79 Å². The van der Waals surface area contributed by atoms with Crippen LogP contribution in [0.25, 0.3) is 0 Å². The second-order valence-corrected chi connectivity index (χ2v) is 6.43. The van der Waals surface area contributed by atoms with Crippen LogP contribution in [-0.4, -0.2) is 34.8 Å². The topological polar surface area (TPSA) is 78.5 Å². The average Bonchev–Trinajstić information content (AvgIpc) is 2.69. The molecule has 6 heteroatoms. The van der Waals surface area contributed by atoms with Gasteiger partial charge in [0.25, 0.3) is 5.91 Å². The van der Waals surface area contributed by atoms with Gasteiger partial charge in [-0.2, -0.15) is 0 Å². The summed E-state index contributed by atoms with van der Waals surface area (Å²) in [5, 5.41) is 5.25. The van der Waals surface area contributed by atoms with Crippen LogP contribution >= 0.6 is 0 Å². The highest BCUT2D eigenvalue weighted by atomic mass is 16.2. The van der Waals surface area contributed by atoms with Gasteiger partial charge in [-0.1, -0.05) is 26.0 Å². The number of nitrogens with one attached hydrogen (secondary N) is 2. The van der Waals surface area contributed by atoms with Gasteiger partial charge in [-0.3, -0.25) is 14.5 Å². The van der Waals surface area contributed by atoms with Crippen LogP contribution in [0.15, 0.2) is 24.3 Å². The van der Waals surface area contributed by atoms with Crippen molar-refractivity contribution < 1.29 is 14.4 Å². The second-order valence-electron chi connectivity index (χ2n) is 6.43. The Labute approximate surface area is 136 Å². The highest BCUT2D eigenvalue weighted by Gasteiger charge is 2.44. The number of urea groups is 1.